The van der Waals surface area contributed by atoms with Gasteiger partial charge in [-0.15, -0.1) is 0 Å². The second-order valence-corrected chi connectivity index (χ2v) is 10.7. The van der Waals surface area contributed by atoms with Crippen molar-refractivity contribution in [2.75, 3.05) is 20.3 Å². The van der Waals surface area contributed by atoms with Crippen LogP contribution in [-0.2, 0) is 16.1 Å². The molecule has 1 aromatic heterocycles. The number of carbonyl (C=O) groups excluding carboxylic acids is 2. The molecule has 4 N–H and O–H groups in total. The predicted octanol–water partition coefficient (Wildman–Crippen LogP) is 4.86. The molecule has 5 rings (SSSR count). The molecule has 0 saturated carbocycles. The van der Waals surface area contributed by atoms with Gasteiger partial charge in [0.2, 0.25) is 0 Å². The third kappa shape index (κ3) is 7.39. The van der Waals surface area contributed by atoms with E-state index in [1.54, 1.807) is 31.3 Å². The summed E-state index contributed by atoms with van der Waals surface area (Å²) in [6.45, 7) is 4.30. The van der Waals surface area contributed by atoms with Gasteiger partial charge in [0.05, 0.1) is 31.5 Å². The lowest BCUT2D eigenvalue weighted by Gasteiger charge is -2.28. The topological polar surface area (TPSA) is 135 Å². The number of nitrogens with one attached hydrogen (secondary N) is 3. The van der Waals surface area contributed by atoms with E-state index in [0.29, 0.717) is 40.9 Å². The first-order valence-electron chi connectivity index (χ1n) is 14.3. The number of esters is 1. The summed E-state index contributed by atoms with van der Waals surface area (Å²) in [4.78, 5) is 24.7. The molecule has 0 radical (unpaired) electrons. The van der Waals surface area contributed by atoms with Crippen LogP contribution >= 0.6 is 11.6 Å². The number of carbonyl (C=O) groups is 2. The highest BCUT2D eigenvalue weighted by Crippen LogP contribution is 2.35. The number of aromatic nitrogens is 1. The van der Waals surface area contributed by atoms with Gasteiger partial charge in [-0.3, -0.25) is 5.43 Å². The van der Waals surface area contributed by atoms with Crippen molar-refractivity contribution in [1.82, 2.24) is 20.6 Å². The van der Waals surface area contributed by atoms with Crippen LogP contribution in [0, 0.1) is 0 Å². The summed E-state index contributed by atoms with van der Waals surface area (Å²) in [5.41, 5.74) is 6.97. The van der Waals surface area contributed by atoms with Gasteiger partial charge in [0.25, 0.3) is 0 Å². The lowest BCUT2D eigenvalue weighted by molar-refractivity contribution is -0.136. The molecule has 12 heteroatoms. The average Bonchev–Trinajstić information content (AvgIpc) is 3.36. The Hall–Kier alpha value is -5.00. The monoisotopic (exact) mass is 631 g/mol. The standard InChI is InChI=1S/C33H34ClN5O6/c1-4-44-28-15-22(31-30(32(41)43-3)20(2)36-33(42)37-31)12-13-27(28)45-19-29(40)38-35-16-23-18-39(26-11-6-5-10-25(23)26)17-21-8-7-9-24(34)14-21/h5-16,18,29,31,38,40H,4,17,19H2,1-3H3,(H2,36,37,42)/b35-16+/t29-,31-/m0/s1. The molecule has 1 aliphatic rings. The SMILES string of the molecule is CCOc1cc([C@@H]2NC(=O)NC(C)=C2C(=O)OC)ccc1OC[C@H](O)N/N=C/c1cn(Cc2cccc(Cl)c2)c2ccccc12. The first-order chi connectivity index (χ1) is 21.8. The van der Waals surface area contributed by atoms with Gasteiger partial charge >= 0.3 is 12.0 Å². The number of hydrazone groups is 1. The number of benzene rings is 3. The van der Waals surface area contributed by atoms with Crippen molar-refractivity contribution in [3.05, 3.63) is 106 Å². The number of aliphatic hydroxyl groups excluding tert-OH is 1. The molecule has 234 valence electrons. The molecular formula is C33H34ClN5O6. The maximum atomic E-state index is 12.5. The number of methoxy groups -OCH3 is 1. The van der Waals surface area contributed by atoms with Gasteiger partial charge in [0, 0.05) is 39.9 Å². The summed E-state index contributed by atoms with van der Waals surface area (Å²) in [5, 5.41) is 21.9. The number of nitrogens with zero attached hydrogens (tertiary/aromatic N) is 2. The fourth-order valence-corrected chi connectivity index (χ4v) is 5.37. The van der Waals surface area contributed by atoms with E-state index in [9.17, 15) is 14.7 Å². The molecule has 2 heterocycles. The Kier molecular flexibility index (Phi) is 9.91. The molecule has 11 nitrogen and oxygen atoms in total. The molecule has 45 heavy (non-hydrogen) atoms. The van der Waals surface area contributed by atoms with Gasteiger partial charge in [-0.05, 0) is 55.3 Å². The molecular weight excluding hydrogens is 598 g/mol. The minimum absolute atomic E-state index is 0.135. The lowest BCUT2D eigenvalue weighted by Crippen LogP contribution is -2.45. The molecule has 2 amide bonds. The maximum absolute atomic E-state index is 12.5. The number of allylic oxidation sites excluding steroid dienone is 1. The number of hydrogen-bond donors (Lipinski definition) is 4. The van der Waals surface area contributed by atoms with Crippen molar-refractivity contribution in [3.63, 3.8) is 0 Å². The molecule has 0 saturated heterocycles. The fraction of sp³-hybridized carbons (Fsp3) is 0.242. The lowest BCUT2D eigenvalue weighted by atomic mass is 9.95. The fourth-order valence-electron chi connectivity index (χ4n) is 5.16. The number of fused-ring (bicyclic) bond motifs is 1. The first kappa shape index (κ1) is 31.4. The minimum Gasteiger partial charge on any atom is -0.490 e. The Morgan fingerprint density at radius 3 is 2.73 bits per heavy atom. The second-order valence-electron chi connectivity index (χ2n) is 10.3. The summed E-state index contributed by atoms with van der Waals surface area (Å²) in [6.07, 6.45) is 2.53. The molecule has 3 aromatic carbocycles. The molecule has 0 aliphatic carbocycles. The summed E-state index contributed by atoms with van der Waals surface area (Å²) < 4.78 is 18.7. The normalized spacial score (nSPS) is 15.5. The Balaban J connectivity index is 1.26. The van der Waals surface area contributed by atoms with E-state index < -0.39 is 24.3 Å². The zero-order valence-electron chi connectivity index (χ0n) is 25.0. The number of rotatable bonds is 12. The van der Waals surface area contributed by atoms with Gasteiger partial charge < -0.3 is 34.5 Å². The summed E-state index contributed by atoms with van der Waals surface area (Å²) in [5.74, 6) is 0.187. The molecule has 2 atom stereocenters. The highest BCUT2D eigenvalue weighted by atomic mass is 35.5. The van der Waals surface area contributed by atoms with Crippen LogP contribution in [0.25, 0.3) is 10.9 Å². The van der Waals surface area contributed by atoms with E-state index >= 15 is 0 Å². The zero-order chi connectivity index (χ0) is 31.9. The van der Waals surface area contributed by atoms with Crippen molar-refractivity contribution < 1.29 is 28.9 Å². The zero-order valence-corrected chi connectivity index (χ0v) is 25.8. The quantitative estimate of drug-likeness (QED) is 0.0759. The number of para-hydroxylation sites is 1. The first-order valence-corrected chi connectivity index (χ1v) is 14.7. The van der Waals surface area contributed by atoms with Crippen molar-refractivity contribution in [2.45, 2.75) is 32.7 Å². The van der Waals surface area contributed by atoms with E-state index in [2.05, 4.69) is 25.7 Å². The molecule has 1 aliphatic heterocycles. The second kappa shape index (κ2) is 14.2. The molecule has 0 fully saturated rings. The summed E-state index contributed by atoms with van der Waals surface area (Å²) >= 11 is 6.18. The number of ether oxygens (including phenoxy) is 3. The van der Waals surface area contributed by atoms with Gasteiger partial charge in [-0.2, -0.15) is 5.10 Å². The molecule has 0 bridgehead atoms. The van der Waals surface area contributed by atoms with Crippen LogP contribution in [0.3, 0.4) is 0 Å². The van der Waals surface area contributed by atoms with Gasteiger partial charge in [-0.25, -0.2) is 9.59 Å². The third-order valence-corrected chi connectivity index (χ3v) is 7.40. The highest BCUT2D eigenvalue weighted by Gasteiger charge is 2.32. The van der Waals surface area contributed by atoms with Crippen molar-refractivity contribution in [1.29, 1.82) is 0 Å². The number of amides is 2. The van der Waals surface area contributed by atoms with E-state index in [1.807, 2.05) is 61.7 Å². The van der Waals surface area contributed by atoms with E-state index in [-0.39, 0.29) is 12.2 Å². The van der Waals surface area contributed by atoms with E-state index in [1.165, 1.54) is 7.11 Å². The number of aliphatic hydroxyl groups is 1. The van der Waals surface area contributed by atoms with Crippen LogP contribution in [-0.4, -0.2) is 54.4 Å². The van der Waals surface area contributed by atoms with Crippen LogP contribution in [0.15, 0.2) is 89.3 Å². The summed E-state index contributed by atoms with van der Waals surface area (Å²) in [7, 11) is 1.28. The van der Waals surface area contributed by atoms with Crippen LogP contribution in [0.1, 0.15) is 36.6 Å². The van der Waals surface area contributed by atoms with Crippen LogP contribution in [0.4, 0.5) is 4.79 Å². The van der Waals surface area contributed by atoms with Crippen LogP contribution < -0.4 is 25.5 Å². The van der Waals surface area contributed by atoms with Crippen LogP contribution in [0.5, 0.6) is 11.5 Å². The number of halogens is 1. The van der Waals surface area contributed by atoms with Crippen LogP contribution in [0.2, 0.25) is 5.02 Å². The van der Waals surface area contributed by atoms with Crippen molar-refractivity contribution in [2.24, 2.45) is 5.10 Å². The predicted molar refractivity (Wildman–Crippen MR) is 171 cm³/mol. The van der Waals surface area contributed by atoms with Gasteiger partial charge in [-0.1, -0.05) is 48.0 Å². The number of hydrogen-bond acceptors (Lipinski definition) is 8. The number of urea groups is 1. The van der Waals surface area contributed by atoms with Gasteiger partial charge in [0.1, 0.15) is 6.61 Å². The molecule has 0 unspecified atom stereocenters. The smallest absolute Gasteiger partial charge is 0.337 e. The van der Waals surface area contributed by atoms with E-state index in [4.69, 9.17) is 25.8 Å². The minimum atomic E-state index is -1.13. The average molecular weight is 632 g/mol. The van der Waals surface area contributed by atoms with Crippen molar-refractivity contribution >= 4 is 40.7 Å². The molecule has 0 spiro atoms. The largest absolute Gasteiger partial charge is 0.490 e. The Morgan fingerprint density at radius 1 is 1.13 bits per heavy atom. The Bertz CT molecular complexity index is 1770. The summed E-state index contributed by atoms with van der Waals surface area (Å²) in [6, 6.07) is 19.6. The van der Waals surface area contributed by atoms with Crippen molar-refractivity contribution in [3.8, 4) is 11.5 Å². The Labute approximate surface area is 265 Å². The highest BCUT2D eigenvalue weighted by molar-refractivity contribution is 6.30. The molecule has 4 aromatic rings. The van der Waals surface area contributed by atoms with Gasteiger partial charge in [0.15, 0.2) is 17.7 Å². The third-order valence-electron chi connectivity index (χ3n) is 7.16. The maximum Gasteiger partial charge on any atom is 0.337 e. The Morgan fingerprint density at radius 2 is 1.96 bits per heavy atom. The van der Waals surface area contributed by atoms with E-state index in [0.717, 1.165) is 22.0 Å².